The lowest BCUT2D eigenvalue weighted by Gasteiger charge is -2.06. The van der Waals surface area contributed by atoms with E-state index in [2.05, 4.69) is 15.3 Å². The molecule has 0 aliphatic carbocycles. The van der Waals surface area contributed by atoms with E-state index in [1.165, 1.54) is 0 Å². The highest BCUT2D eigenvalue weighted by Gasteiger charge is 1.98. The molecule has 2 rings (SSSR count). The summed E-state index contributed by atoms with van der Waals surface area (Å²) >= 11 is 0. The Bertz CT molecular complexity index is 531. The number of aromatic nitrogens is 2. The topological polar surface area (TPSA) is 73.7 Å². The molecule has 0 amide bonds. The third-order valence-corrected chi connectivity index (χ3v) is 2.66. The van der Waals surface area contributed by atoms with Crippen LogP contribution in [-0.2, 0) is 13.0 Å². The van der Waals surface area contributed by atoms with Crippen LogP contribution in [0.3, 0.4) is 0 Å². The predicted octanol–water partition coefficient (Wildman–Crippen LogP) is 1.64. The molecule has 0 radical (unpaired) electrons. The van der Waals surface area contributed by atoms with Crippen molar-refractivity contribution in [1.29, 1.82) is 5.26 Å². The number of imidazole rings is 1. The van der Waals surface area contributed by atoms with Gasteiger partial charge in [-0.15, -0.1) is 0 Å². The Morgan fingerprint density at radius 1 is 1.42 bits per heavy atom. The van der Waals surface area contributed by atoms with Crippen LogP contribution >= 0.6 is 0 Å². The Labute approximate surface area is 112 Å². The van der Waals surface area contributed by atoms with Crippen molar-refractivity contribution in [3.8, 4) is 11.8 Å². The van der Waals surface area contributed by atoms with Gasteiger partial charge in [0.25, 0.3) is 0 Å². The maximum absolute atomic E-state index is 8.47. The van der Waals surface area contributed by atoms with Gasteiger partial charge in [-0.2, -0.15) is 5.26 Å². The molecule has 0 saturated carbocycles. The summed E-state index contributed by atoms with van der Waals surface area (Å²) in [7, 11) is 0. The number of H-pyrrole nitrogens is 1. The zero-order valence-electron chi connectivity index (χ0n) is 10.6. The number of nitrogens with zero attached hydrogens (tertiary/aromatic N) is 2. The molecule has 0 saturated heterocycles. The minimum absolute atomic E-state index is 0.0801. The molecular formula is C14H16N4O. The molecule has 2 N–H and O–H groups in total. The van der Waals surface area contributed by atoms with Gasteiger partial charge in [0.2, 0.25) is 0 Å². The van der Waals surface area contributed by atoms with Gasteiger partial charge in [-0.1, -0.05) is 12.1 Å². The van der Waals surface area contributed by atoms with Gasteiger partial charge in [-0.3, -0.25) is 0 Å². The van der Waals surface area contributed by atoms with E-state index in [9.17, 15) is 0 Å². The van der Waals surface area contributed by atoms with Crippen molar-refractivity contribution in [2.24, 2.45) is 0 Å². The average Bonchev–Trinajstić information content (AvgIpc) is 2.95. The normalized spacial score (nSPS) is 10.1. The second kappa shape index (κ2) is 7.19. The van der Waals surface area contributed by atoms with Gasteiger partial charge in [-0.05, 0) is 17.7 Å². The van der Waals surface area contributed by atoms with Gasteiger partial charge in [0.15, 0.2) is 6.61 Å². The van der Waals surface area contributed by atoms with Gasteiger partial charge >= 0.3 is 0 Å². The van der Waals surface area contributed by atoms with Gasteiger partial charge in [-0.25, -0.2) is 4.98 Å². The summed E-state index contributed by atoms with van der Waals surface area (Å²) in [5.74, 6) is 0.731. The van der Waals surface area contributed by atoms with E-state index >= 15 is 0 Å². The van der Waals surface area contributed by atoms with Gasteiger partial charge in [0.05, 0.1) is 6.33 Å². The Hall–Kier alpha value is -2.32. The van der Waals surface area contributed by atoms with Crippen molar-refractivity contribution in [2.75, 3.05) is 13.2 Å². The van der Waals surface area contributed by atoms with Crippen LogP contribution in [0.2, 0.25) is 0 Å². The molecule has 1 aromatic heterocycles. The molecule has 2 aromatic rings. The van der Waals surface area contributed by atoms with Crippen LogP contribution in [0.5, 0.6) is 5.75 Å². The lowest BCUT2D eigenvalue weighted by molar-refractivity contribution is 0.367. The lowest BCUT2D eigenvalue weighted by atomic mass is 10.2. The van der Waals surface area contributed by atoms with E-state index in [-0.39, 0.29) is 6.61 Å². The summed E-state index contributed by atoms with van der Waals surface area (Å²) in [6, 6.07) is 9.71. The Kier molecular flexibility index (Phi) is 4.96. The van der Waals surface area contributed by atoms with E-state index in [0.29, 0.717) is 0 Å². The highest BCUT2D eigenvalue weighted by molar-refractivity contribution is 5.28. The molecule has 0 aliphatic rings. The van der Waals surface area contributed by atoms with Crippen molar-refractivity contribution in [1.82, 2.24) is 15.3 Å². The smallest absolute Gasteiger partial charge is 0.174 e. The highest BCUT2D eigenvalue weighted by atomic mass is 16.5. The fourth-order valence-electron chi connectivity index (χ4n) is 1.74. The molecule has 0 atom stereocenters. The average molecular weight is 256 g/mol. The number of ether oxygens (including phenoxy) is 1. The highest BCUT2D eigenvalue weighted by Crippen LogP contribution is 2.12. The van der Waals surface area contributed by atoms with Crippen molar-refractivity contribution in [3.63, 3.8) is 0 Å². The van der Waals surface area contributed by atoms with Gasteiger partial charge in [0.1, 0.15) is 11.8 Å². The molecule has 5 heteroatoms. The number of benzene rings is 1. The summed E-state index contributed by atoms with van der Waals surface area (Å²) in [5, 5.41) is 11.8. The Morgan fingerprint density at radius 2 is 2.37 bits per heavy atom. The first kappa shape index (κ1) is 13.1. The predicted molar refractivity (Wildman–Crippen MR) is 71.5 cm³/mol. The molecule has 19 heavy (non-hydrogen) atoms. The van der Waals surface area contributed by atoms with E-state index in [0.717, 1.165) is 36.5 Å². The van der Waals surface area contributed by atoms with E-state index in [1.807, 2.05) is 36.5 Å². The largest absolute Gasteiger partial charge is 0.479 e. The molecule has 0 unspecified atom stereocenters. The van der Waals surface area contributed by atoms with Gasteiger partial charge in [0, 0.05) is 31.4 Å². The minimum Gasteiger partial charge on any atom is -0.479 e. The quantitative estimate of drug-likeness (QED) is 0.739. The number of nitriles is 1. The van der Waals surface area contributed by atoms with Crippen LogP contribution in [-0.4, -0.2) is 23.1 Å². The van der Waals surface area contributed by atoms with E-state index < -0.39 is 0 Å². The van der Waals surface area contributed by atoms with Crippen molar-refractivity contribution < 1.29 is 4.74 Å². The third kappa shape index (κ3) is 4.45. The Balaban J connectivity index is 1.74. The van der Waals surface area contributed by atoms with E-state index in [4.69, 9.17) is 10.00 Å². The molecule has 1 heterocycles. The zero-order chi connectivity index (χ0) is 13.3. The van der Waals surface area contributed by atoms with Crippen molar-refractivity contribution >= 4 is 0 Å². The number of nitrogens with one attached hydrogen (secondary N) is 2. The molecule has 0 fully saturated rings. The first-order valence-electron chi connectivity index (χ1n) is 6.15. The van der Waals surface area contributed by atoms with Crippen LogP contribution in [0, 0.1) is 11.3 Å². The number of hydrogen-bond donors (Lipinski definition) is 2. The maximum Gasteiger partial charge on any atom is 0.174 e. The maximum atomic E-state index is 8.47. The lowest BCUT2D eigenvalue weighted by Crippen LogP contribution is -2.16. The zero-order valence-corrected chi connectivity index (χ0v) is 10.6. The summed E-state index contributed by atoms with van der Waals surface area (Å²) in [4.78, 5) is 7.04. The van der Waals surface area contributed by atoms with Crippen molar-refractivity contribution in [2.45, 2.75) is 13.0 Å². The molecule has 0 aliphatic heterocycles. The third-order valence-electron chi connectivity index (χ3n) is 2.66. The van der Waals surface area contributed by atoms with E-state index in [1.54, 1.807) is 6.33 Å². The standard InChI is InChI=1S/C14H16N4O/c15-5-7-19-14-3-1-2-12(8-14)9-16-6-4-13-10-17-11-18-13/h1-3,8,10-11,16H,4,6-7,9H2,(H,17,18). The summed E-state index contributed by atoms with van der Waals surface area (Å²) in [5.41, 5.74) is 2.26. The molecule has 1 aromatic carbocycles. The second-order valence-electron chi connectivity index (χ2n) is 4.10. The van der Waals surface area contributed by atoms with Gasteiger partial charge < -0.3 is 15.0 Å². The molecular weight excluding hydrogens is 240 g/mol. The van der Waals surface area contributed by atoms with Crippen LogP contribution < -0.4 is 10.1 Å². The first-order valence-corrected chi connectivity index (χ1v) is 6.15. The number of rotatable bonds is 7. The van der Waals surface area contributed by atoms with Crippen LogP contribution in [0.25, 0.3) is 0 Å². The molecule has 5 nitrogen and oxygen atoms in total. The Morgan fingerprint density at radius 3 is 3.16 bits per heavy atom. The number of aromatic amines is 1. The van der Waals surface area contributed by atoms with Crippen LogP contribution in [0.1, 0.15) is 11.3 Å². The van der Waals surface area contributed by atoms with Crippen LogP contribution in [0.15, 0.2) is 36.8 Å². The van der Waals surface area contributed by atoms with Crippen molar-refractivity contribution in [3.05, 3.63) is 48.0 Å². The van der Waals surface area contributed by atoms with Crippen LogP contribution in [0.4, 0.5) is 0 Å². The fraction of sp³-hybridized carbons (Fsp3) is 0.286. The molecule has 98 valence electrons. The molecule has 0 bridgehead atoms. The SMILES string of the molecule is N#CCOc1cccc(CNCCc2cnc[nH]2)c1. The monoisotopic (exact) mass is 256 g/mol. The summed E-state index contributed by atoms with van der Waals surface area (Å²) < 4.78 is 5.26. The summed E-state index contributed by atoms with van der Waals surface area (Å²) in [6.45, 7) is 1.74. The number of hydrogen-bond acceptors (Lipinski definition) is 4. The first-order chi connectivity index (χ1) is 9.38. The minimum atomic E-state index is 0.0801. The molecule has 0 spiro atoms. The fourth-order valence-corrected chi connectivity index (χ4v) is 1.74. The second-order valence-corrected chi connectivity index (χ2v) is 4.10. The summed E-state index contributed by atoms with van der Waals surface area (Å²) in [6.07, 6.45) is 4.44.